The summed E-state index contributed by atoms with van der Waals surface area (Å²) < 4.78 is 38.7. The molecule has 3 aromatic rings. The van der Waals surface area contributed by atoms with Crippen molar-refractivity contribution in [3.8, 4) is 5.69 Å². The zero-order chi connectivity index (χ0) is 20.1. The highest BCUT2D eigenvalue weighted by Gasteiger charge is 2.29. The first-order valence-electron chi connectivity index (χ1n) is 7.74. The Labute approximate surface area is 171 Å². The van der Waals surface area contributed by atoms with E-state index in [2.05, 4.69) is 15.5 Å². The number of benzene rings is 2. The zero-order valence-corrected chi connectivity index (χ0v) is 16.4. The number of thioether (sulfide) groups is 2. The second-order valence-electron chi connectivity index (χ2n) is 5.37. The molecule has 1 heterocycles. The predicted octanol–water partition coefficient (Wildman–Crippen LogP) is 5.26. The van der Waals surface area contributed by atoms with Gasteiger partial charge in [-0.05, 0) is 54.2 Å². The summed E-state index contributed by atoms with van der Waals surface area (Å²) in [5.41, 5.74) is -3.17. The molecule has 1 N–H and O–H groups in total. The summed E-state index contributed by atoms with van der Waals surface area (Å²) in [6, 6.07) is 12.6. The SMILES string of the molecule is O=C(CSc1nncn1-c1cccc(Cl)c1)Nc1ccc(SC(F)(F)F)cc1. The highest BCUT2D eigenvalue weighted by molar-refractivity contribution is 8.00. The lowest BCUT2D eigenvalue weighted by Gasteiger charge is -2.08. The number of nitrogens with zero attached hydrogens (tertiary/aromatic N) is 3. The fraction of sp³-hybridized carbons (Fsp3) is 0.118. The average molecular weight is 445 g/mol. The van der Waals surface area contributed by atoms with Crippen LogP contribution in [-0.2, 0) is 4.79 Å². The molecule has 0 unspecified atom stereocenters. The van der Waals surface area contributed by atoms with E-state index in [9.17, 15) is 18.0 Å². The first-order valence-corrected chi connectivity index (χ1v) is 9.92. The molecule has 3 rings (SSSR count). The maximum atomic E-state index is 12.3. The Hall–Kier alpha value is -2.17. The molecule has 11 heteroatoms. The molecular weight excluding hydrogens is 433 g/mol. The van der Waals surface area contributed by atoms with Crippen LogP contribution in [-0.4, -0.2) is 31.9 Å². The van der Waals surface area contributed by atoms with Crippen LogP contribution in [0.2, 0.25) is 5.02 Å². The van der Waals surface area contributed by atoms with Crippen molar-refractivity contribution in [2.75, 3.05) is 11.1 Å². The number of aromatic nitrogens is 3. The number of carbonyl (C=O) groups excluding carboxylic acids is 1. The van der Waals surface area contributed by atoms with Gasteiger partial charge in [0.15, 0.2) is 5.16 Å². The number of rotatable bonds is 6. The number of anilines is 1. The minimum Gasteiger partial charge on any atom is -0.325 e. The molecule has 0 aliphatic heterocycles. The molecule has 28 heavy (non-hydrogen) atoms. The number of carbonyl (C=O) groups is 1. The Morgan fingerprint density at radius 3 is 2.61 bits per heavy atom. The Morgan fingerprint density at radius 2 is 1.93 bits per heavy atom. The molecule has 0 bridgehead atoms. The van der Waals surface area contributed by atoms with Gasteiger partial charge in [0.2, 0.25) is 5.91 Å². The summed E-state index contributed by atoms with van der Waals surface area (Å²) >= 11 is 6.96. The molecular formula is C17H12ClF3N4OS2. The number of hydrogen-bond acceptors (Lipinski definition) is 5. The summed E-state index contributed by atoms with van der Waals surface area (Å²) in [6.45, 7) is 0. The zero-order valence-electron chi connectivity index (χ0n) is 14.0. The van der Waals surface area contributed by atoms with Gasteiger partial charge in [-0.1, -0.05) is 29.4 Å². The molecule has 1 aromatic heterocycles. The van der Waals surface area contributed by atoms with Gasteiger partial charge >= 0.3 is 5.51 Å². The van der Waals surface area contributed by atoms with Gasteiger partial charge in [0.25, 0.3) is 0 Å². The van der Waals surface area contributed by atoms with E-state index in [-0.39, 0.29) is 28.3 Å². The molecule has 2 aromatic carbocycles. The van der Waals surface area contributed by atoms with Crippen LogP contribution >= 0.6 is 35.1 Å². The van der Waals surface area contributed by atoms with Crippen molar-refractivity contribution < 1.29 is 18.0 Å². The molecule has 0 saturated carbocycles. The lowest BCUT2D eigenvalue weighted by Crippen LogP contribution is -2.14. The van der Waals surface area contributed by atoms with Crippen LogP contribution in [0.15, 0.2) is 64.9 Å². The molecule has 0 atom stereocenters. The minimum atomic E-state index is -4.35. The fourth-order valence-electron chi connectivity index (χ4n) is 2.19. The quantitative estimate of drug-likeness (QED) is 0.525. The fourth-order valence-corrected chi connectivity index (χ4v) is 3.65. The molecule has 0 spiro atoms. The van der Waals surface area contributed by atoms with Gasteiger partial charge in [0, 0.05) is 15.6 Å². The van der Waals surface area contributed by atoms with E-state index in [1.807, 2.05) is 6.07 Å². The van der Waals surface area contributed by atoms with Crippen molar-refractivity contribution in [3.05, 3.63) is 59.9 Å². The van der Waals surface area contributed by atoms with Gasteiger partial charge < -0.3 is 5.32 Å². The minimum absolute atomic E-state index is 0.0505. The second kappa shape index (κ2) is 8.89. The standard InChI is InChI=1S/C17H12ClF3N4OS2/c18-11-2-1-3-13(8-11)25-10-22-24-16(25)27-9-15(26)23-12-4-6-14(7-5-12)28-17(19,20)21/h1-8,10H,9H2,(H,23,26). The van der Waals surface area contributed by atoms with E-state index in [0.29, 0.717) is 15.9 Å². The van der Waals surface area contributed by atoms with Gasteiger partial charge in [0.05, 0.1) is 11.4 Å². The number of hydrogen-bond donors (Lipinski definition) is 1. The first-order chi connectivity index (χ1) is 13.3. The number of nitrogens with one attached hydrogen (secondary N) is 1. The number of alkyl halides is 3. The van der Waals surface area contributed by atoms with Crippen molar-refractivity contribution in [1.82, 2.24) is 14.8 Å². The van der Waals surface area contributed by atoms with Crippen LogP contribution in [0, 0.1) is 0 Å². The molecule has 0 aliphatic carbocycles. The highest BCUT2D eigenvalue weighted by Crippen LogP contribution is 2.37. The highest BCUT2D eigenvalue weighted by atomic mass is 35.5. The van der Waals surface area contributed by atoms with Crippen molar-refractivity contribution in [2.45, 2.75) is 15.6 Å². The van der Waals surface area contributed by atoms with Crippen molar-refractivity contribution in [1.29, 1.82) is 0 Å². The smallest absolute Gasteiger partial charge is 0.325 e. The van der Waals surface area contributed by atoms with Gasteiger partial charge in [-0.15, -0.1) is 10.2 Å². The third-order valence-electron chi connectivity index (χ3n) is 3.31. The van der Waals surface area contributed by atoms with Crippen LogP contribution in [0.5, 0.6) is 0 Å². The summed E-state index contributed by atoms with van der Waals surface area (Å²) in [5.74, 6) is -0.264. The van der Waals surface area contributed by atoms with E-state index < -0.39 is 5.51 Å². The maximum Gasteiger partial charge on any atom is 0.446 e. The van der Waals surface area contributed by atoms with Gasteiger partial charge in [0.1, 0.15) is 6.33 Å². The summed E-state index contributed by atoms with van der Waals surface area (Å²) in [7, 11) is 0. The van der Waals surface area contributed by atoms with Crippen LogP contribution < -0.4 is 5.32 Å². The van der Waals surface area contributed by atoms with E-state index in [0.717, 1.165) is 5.69 Å². The molecule has 146 valence electrons. The Bertz CT molecular complexity index is 964. The van der Waals surface area contributed by atoms with E-state index in [1.165, 1.54) is 42.4 Å². The summed E-state index contributed by atoms with van der Waals surface area (Å²) in [6.07, 6.45) is 1.52. The maximum absolute atomic E-state index is 12.3. The second-order valence-corrected chi connectivity index (χ2v) is 7.89. The number of halogens is 4. The molecule has 1 amide bonds. The van der Waals surface area contributed by atoms with Crippen LogP contribution in [0.4, 0.5) is 18.9 Å². The largest absolute Gasteiger partial charge is 0.446 e. The van der Waals surface area contributed by atoms with Gasteiger partial charge in [-0.3, -0.25) is 9.36 Å². The average Bonchev–Trinajstić information content (AvgIpc) is 3.09. The summed E-state index contributed by atoms with van der Waals surface area (Å²) in [5, 5.41) is 11.5. The van der Waals surface area contributed by atoms with Crippen LogP contribution in [0.3, 0.4) is 0 Å². The number of amides is 1. The molecule has 0 aliphatic rings. The lowest BCUT2D eigenvalue weighted by molar-refractivity contribution is -0.113. The van der Waals surface area contributed by atoms with E-state index in [1.54, 1.807) is 22.8 Å². The normalized spacial score (nSPS) is 11.4. The lowest BCUT2D eigenvalue weighted by atomic mass is 10.3. The molecule has 5 nitrogen and oxygen atoms in total. The van der Waals surface area contributed by atoms with Crippen molar-refractivity contribution >= 4 is 46.7 Å². The Morgan fingerprint density at radius 1 is 1.18 bits per heavy atom. The Balaban J connectivity index is 1.58. The third kappa shape index (κ3) is 5.91. The molecule has 0 fully saturated rings. The van der Waals surface area contributed by atoms with Crippen molar-refractivity contribution in [2.24, 2.45) is 0 Å². The molecule has 0 saturated heterocycles. The van der Waals surface area contributed by atoms with Crippen molar-refractivity contribution in [3.63, 3.8) is 0 Å². The topological polar surface area (TPSA) is 59.8 Å². The van der Waals surface area contributed by atoms with E-state index >= 15 is 0 Å². The molecule has 0 radical (unpaired) electrons. The third-order valence-corrected chi connectivity index (χ3v) is 5.22. The van der Waals surface area contributed by atoms with Crippen LogP contribution in [0.25, 0.3) is 5.69 Å². The van der Waals surface area contributed by atoms with Gasteiger partial charge in [-0.2, -0.15) is 13.2 Å². The van der Waals surface area contributed by atoms with Crippen LogP contribution in [0.1, 0.15) is 0 Å². The Kier molecular flexibility index (Phi) is 6.53. The van der Waals surface area contributed by atoms with Gasteiger partial charge in [-0.25, -0.2) is 0 Å². The van der Waals surface area contributed by atoms with E-state index in [4.69, 9.17) is 11.6 Å². The predicted molar refractivity (Wildman–Crippen MR) is 104 cm³/mol. The monoisotopic (exact) mass is 444 g/mol. The summed E-state index contributed by atoms with van der Waals surface area (Å²) in [4.78, 5) is 12.2. The first kappa shape index (κ1) is 20.6.